The summed E-state index contributed by atoms with van der Waals surface area (Å²) in [7, 11) is 1.99. The summed E-state index contributed by atoms with van der Waals surface area (Å²) in [6, 6.07) is 0. The van der Waals surface area contributed by atoms with Crippen molar-refractivity contribution in [3.63, 3.8) is 0 Å². The van der Waals surface area contributed by atoms with E-state index in [1.54, 1.807) is 0 Å². The zero-order valence-corrected chi connectivity index (χ0v) is 11.3. The molecule has 0 bridgehead atoms. The first-order chi connectivity index (χ1) is 7.08. The lowest BCUT2D eigenvalue weighted by molar-refractivity contribution is 0.321. The summed E-state index contributed by atoms with van der Waals surface area (Å²) >= 11 is 9.66. The molecule has 0 amide bonds. The third-order valence-electron chi connectivity index (χ3n) is 2.85. The molecule has 1 aliphatic rings. The lowest BCUT2D eigenvalue weighted by Gasteiger charge is -2.15. The van der Waals surface area contributed by atoms with Gasteiger partial charge in [0, 0.05) is 32.1 Å². The van der Waals surface area contributed by atoms with Crippen LogP contribution in [0.3, 0.4) is 0 Å². The molecule has 15 heavy (non-hydrogen) atoms. The summed E-state index contributed by atoms with van der Waals surface area (Å²) in [6.45, 7) is 5.02. The zero-order valence-electron chi connectivity index (χ0n) is 9.00. The number of hydrogen-bond donors (Lipinski definition) is 0. The smallest absolute Gasteiger partial charge is 0.0739 e. The summed E-state index contributed by atoms with van der Waals surface area (Å²) in [4.78, 5) is 2.37. The van der Waals surface area contributed by atoms with Crippen molar-refractivity contribution in [2.45, 2.75) is 25.3 Å². The van der Waals surface area contributed by atoms with E-state index in [0.29, 0.717) is 5.38 Å². The van der Waals surface area contributed by atoms with Crippen molar-refractivity contribution in [3.8, 4) is 0 Å². The maximum Gasteiger partial charge on any atom is 0.0739 e. The monoisotopic (exact) mass is 291 g/mol. The number of aryl methyl sites for hydroxylation is 2. The molecular weight excluding hydrogens is 277 g/mol. The molecule has 1 saturated heterocycles. The van der Waals surface area contributed by atoms with Gasteiger partial charge in [0.05, 0.1) is 15.9 Å². The Morgan fingerprint density at radius 3 is 2.80 bits per heavy atom. The normalized spacial score (nSPS) is 22.5. The van der Waals surface area contributed by atoms with Crippen LogP contribution in [0.4, 0.5) is 0 Å². The van der Waals surface area contributed by atoms with Gasteiger partial charge in [-0.3, -0.25) is 9.58 Å². The Balaban J connectivity index is 2.10. The van der Waals surface area contributed by atoms with Crippen LogP contribution in [0, 0.1) is 6.92 Å². The van der Waals surface area contributed by atoms with Crippen LogP contribution in [-0.4, -0.2) is 33.1 Å². The molecule has 0 aliphatic carbocycles. The van der Waals surface area contributed by atoms with E-state index in [0.717, 1.165) is 36.2 Å². The Hall–Kier alpha value is -0.0600. The van der Waals surface area contributed by atoms with Gasteiger partial charge in [0.2, 0.25) is 0 Å². The molecule has 2 rings (SSSR count). The van der Waals surface area contributed by atoms with Gasteiger partial charge >= 0.3 is 0 Å². The van der Waals surface area contributed by atoms with Crippen LogP contribution in [0.1, 0.15) is 17.8 Å². The van der Waals surface area contributed by atoms with E-state index in [-0.39, 0.29) is 0 Å². The summed E-state index contributed by atoms with van der Waals surface area (Å²) in [5, 5.41) is 4.70. The molecule has 1 aromatic heterocycles. The van der Waals surface area contributed by atoms with E-state index < -0.39 is 0 Å². The highest BCUT2D eigenvalue weighted by Crippen LogP contribution is 2.24. The number of alkyl halides is 1. The van der Waals surface area contributed by atoms with Crippen molar-refractivity contribution >= 4 is 27.5 Å². The predicted molar refractivity (Wildman–Crippen MR) is 65.2 cm³/mol. The molecule has 3 nitrogen and oxygen atoms in total. The average molecular weight is 293 g/mol. The molecule has 0 spiro atoms. The molecule has 1 aliphatic heterocycles. The van der Waals surface area contributed by atoms with Gasteiger partial charge < -0.3 is 0 Å². The highest BCUT2D eigenvalue weighted by atomic mass is 79.9. The molecule has 1 unspecified atom stereocenters. The summed E-state index contributed by atoms with van der Waals surface area (Å²) < 4.78 is 3.07. The van der Waals surface area contributed by atoms with Gasteiger partial charge in [0.25, 0.3) is 0 Å². The van der Waals surface area contributed by atoms with Crippen molar-refractivity contribution in [1.82, 2.24) is 14.7 Å². The fourth-order valence-electron chi connectivity index (χ4n) is 1.99. The molecular formula is C10H15BrClN3. The quantitative estimate of drug-likeness (QED) is 0.780. The van der Waals surface area contributed by atoms with E-state index in [1.165, 1.54) is 5.69 Å². The topological polar surface area (TPSA) is 21.1 Å². The van der Waals surface area contributed by atoms with Gasteiger partial charge in [0.15, 0.2) is 0 Å². The molecule has 1 aromatic rings. The third kappa shape index (κ3) is 2.37. The first kappa shape index (κ1) is 11.4. The number of nitrogens with zero attached hydrogens (tertiary/aromatic N) is 3. The first-order valence-electron chi connectivity index (χ1n) is 5.12. The van der Waals surface area contributed by atoms with Crippen LogP contribution in [0.15, 0.2) is 4.47 Å². The van der Waals surface area contributed by atoms with E-state index in [1.807, 2.05) is 18.7 Å². The van der Waals surface area contributed by atoms with Gasteiger partial charge in [0.1, 0.15) is 0 Å². The van der Waals surface area contributed by atoms with Crippen LogP contribution in [-0.2, 0) is 13.6 Å². The fourth-order valence-corrected chi connectivity index (χ4v) is 2.75. The number of likely N-dealkylation sites (tertiary alicyclic amines) is 1. The molecule has 84 valence electrons. The molecule has 1 atom stereocenters. The third-order valence-corrected chi connectivity index (χ3v) is 4.24. The molecule has 0 saturated carbocycles. The van der Waals surface area contributed by atoms with Crippen LogP contribution in [0.2, 0.25) is 0 Å². The second kappa shape index (κ2) is 4.44. The maximum absolute atomic E-state index is 6.08. The van der Waals surface area contributed by atoms with Crippen LogP contribution >= 0.6 is 27.5 Å². The van der Waals surface area contributed by atoms with Crippen molar-refractivity contribution in [3.05, 3.63) is 15.9 Å². The number of aromatic nitrogens is 2. The van der Waals surface area contributed by atoms with Crippen molar-refractivity contribution in [2.75, 3.05) is 13.1 Å². The number of rotatable bonds is 2. The second-order valence-corrected chi connectivity index (χ2v) is 5.50. The van der Waals surface area contributed by atoms with Crippen molar-refractivity contribution in [2.24, 2.45) is 7.05 Å². The average Bonchev–Trinajstić information content (AvgIpc) is 2.67. The van der Waals surface area contributed by atoms with Crippen LogP contribution in [0.5, 0.6) is 0 Å². The molecule has 0 N–H and O–H groups in total. The Morgan fingerprint density at radius 2 is 2.33 bits per heavy atom. The lowest BCUT2D eigenvalue weighted by Crippen LogP contribution is -2.22. The minimum atomic E-state index is 0.318. The highest BCUT2D eigenvalue weighted by Gasteiger charge is 2.22. The van der Waals surface area contributed by atoms with Crippen LogP contribution in [0.25, 0.3) is 0 Å². The Bertz CT molecular complexity index is 364. The summed E-state index contributed by atoms with van der Waals surface area (Å²) in [5.74, 6) is 0. The highest BCUT2D eigenvalue weighted by molar-refractivity contribution is 9.10. The predicted octanol–water partition coefficient (Wildman–Crippen LogP) is 2.30. The lowest BCUT2D eigenvalue weighted by atomic mass is 10.3. The van der Waals surface area contributed by atoms with Gasteiger partial charge in [-0.1, -0.05) is 0 Å². The van der Waals surface area contributed by atoms with Gasteiger partial charge in [-0.25, -0.2) is 0 Å². The Morgan fingerprint density at radius 1 is 1.60 bits per heavy atom. The van der Waals surface area contributed by atoms with E-state index in [9.17, 15) is 0 Å². The Labute approximate surface area is 104 Å². The van der Waals surface area contributed by atoms with Crippen molar-refractivity contribution in [1.29, 1.82) is 0 Å². The molecule has 0 aromatic carbocycles. The second-order valence-electron chi connectivity index (χ2n) is 4.09. The largest absolute Gasteiger partial charge is 0.296 e. The van der Waals surface area contributed by atoms with Crippen LogP contribution < -0.4 is 0 Å². The number of halogens is 2. The Kier molecular flexibility index (Phi) is 3.38. The van der Waals surface area contributed by atoms with E-state index in [4.69, 9.17) is 11.6 Å². The zero-order chi connectivity index (χ0) is 11.0. The molecule has 2 heterocycles. The minimum absolute atomic E-state index is 0.318. The van der Waals surface area contributed by atoms with Crippen molar-refractivity contribution < 1.29 is 0 Å². The standard InChI is InChI=1S/C10H15BrClN3/c1-7-10(11)9(14(2)13-7)6-15-4-3-8(12)5-15/h8H,3-6H2,1-2H3. The minimum Gasteiger partial charge on any atom is -0.296 e. The van der Waals surface area contributed by atoms with Gasteiger partial charge in [-0.05, 0) is 29.3 Å². The fraction of sp³-hybridized carbons (Fsp3) is 0.700. The number of hydrogen-bond acceptors (Lipinski definition) is 2. The maximum atomic E-state index is 6.08. The molecule has 5 heteroatoms. The summed E-state index contributed by atoms with van der Waals surface area (Å²) in [6.07, 6.45) is 1.09. The van der Waals surface area contributed by atoms with Gasteiger partial charge in [-0.2, -0.15) is 5.10 Å². The van der Waals surface area contributed by atoms with E-state index >= 15 is 0 Å². The summed E-state index contributed by atoms with van der Waals surface area (Å²) in [5.41, 5.74) is 2.28. The first-order valence-corrected chi connectivity index (χ1v) is 6.35. The van der Waals surface area contributed by atoms with E-state index in [2.05, 4.69) is 25.9 Å². The molecule has 0 radical (unpaired) electrons. The van der Waals surface area contributed by atoms with Gasteiger partial charge in [-0.15, -0.1) is 11.6 Å². The molecule has 1 fully saturated rings. The SMILES string of the molecule is Cc1nn(C)c(CN2CCC(Cl)C2)c1Br.